The minimum atomic E-state index is -0.930. The van der Waals surface area contributed by atoms with Gasteiger partial charge in [0.15, 0.2) is 0 Å². The first-order valence-electron chi connectivity index (χ1n) is 5.52. The second-order valence-corrected chi connectivity index (χ2v) is 3.99. The molecule has 17 heavy (non-hydrogen) atoms. The van der Waals surface area contributed by atoms with Crippen LogP contribution in [0.3, 0.4) is 0 Å². The normalized spacial score (nSPS) is 10.9. The predicted octanol–water partition coefficient (Wildman–Crippen LogP) is 1.16. The molecule has 2 aromatic rings. The third-order valence-corrected chi connectivity index (χ3v) is 2.82. The van der Waals surface area contributed by atoms with Crippen molar-refractivity contribution in [3.05, 3.63) is 29.6 Å². The van der Waals surface area contributed by atoms with Crippen LogP contribution in [0.25, 0.3) is 11.0 Å². The van der Waals surface area contributed by atoms with Crippen molar-refractivity contribution < 1.29 is 9.90 Å². The molecule has 0 unspecified atom stereocenters. The predicted molar refractivity (Wildman–Crippen MR) is 65.0 cm³/mol. The first-order valence-corrected chi connectivity index (χ1v) is 5.52. The summed E-state index contributed by atoms with van der Waals surface area (Å²) in [6, 6.07) is 4.99. The molecular formula is C12H15N3O2. The van der Waals surface area contributed by atoms with Crippen LogP contribution in [-0.4, -0.2) is 27.2 Å². The number of hydrogen-bond acceptors (Lipinski definition) is 3. The van der Waals surface area contributed by atoms with E-state index in [2.05, 4.69) is 4.98 Å². The highest BCUT2D eigenvalue weighted by Crippen LogP contribution is 2.17. The van der Waals surface area contributed by atoms with E-state index >= 15 is 0 Å². The molecule has 0 fully saturated rings. The number of benzene rings is 1. The zero-order valence-corrected chi connectivity index (χ0v) is 9.68. The molecule has 0 radical (unpaired) electrons. The lowest BCUT2D eigenvalue weighted by molar-refractivity contribution is 0.0697. The zero-order chi connectivity index (χ0) is 12.4. The second kappa shape index (κ2) is 4.55. The van der Waals surface area contributed by atoms with Crippen LogP contribution < -0.4 is 5.73 Å². The van der Waals surface area contributed by atoms with Gasteiger partial charge in [-0.05, 0) is 31.2 Å². The Morgan fingerprint density at radius 3 is 2.94 bits per heavy atom. The van der Waals surface area contributed by atoms with Crippen LogP contribution in [0.5, 0.6) is 0 Å². The Kier molecular flexibility index (Phi) is 3.10. The van der Waals surface area contributed by atoms with Crippen LogP contribution >= 0.6 is 0 Å². The van der Waals surface area contributed by atoms with E-state index in [9.17, 15) is 4.79 Å². The summed E-state index contributed by atoms with van der Waals surface area (Å²) in [5.74, 6) is 0.00838. The monoisotopic (exact) mass is 233 g/mol. The fraction of sp³-hybridized carbons (Fsp3) is 0.333. The van der Waals surface area contributed by atoms with Gasteiger partial charge in [-0.2, -0.15) is 0 Å². The van der Waals surface area contributed by atoms with Gasteiger partial charge in [-0.3, -0.25) is 0 Å². The summed E-state index contributed by atoms with van der Waals surface area (Å²) < 4.78 is 1.98. The fourth-order valence-electron chi connectivity index (χ4n) is 1.87. The van der Waals surface area contributed by atoms with Gasteiger partial charge in [0.1, 0.15) is 5.82 Å². The van der Waals surface area contributed by atoms with Crippen LogP contribution in [0.15, 0.2) is 18.2 Å². The Labute approximate surface area is 98.9 Å². The summed E-state index contributed by atoms with van der Waals surface area (Å²) in [4.78, 5) is 15.3. The van der Waals surface area contributed by atoms with Gasteiger partial charge in [0.2, 0.25) is 0 Å². The lowest BCUT2D eigenvalue weighted by atomic mass is 10.2. The quantitative estimate of drug-likeness (QED) is 0.830. The molecule has 1 aromatic carbocycles. The molecule has 5 heteroatoms. The number of aryl methyl sites for hydroxylation is 2. The number of nitrogens with two attached hydrogens (primary N) is 1. The molecule has 1 heterocycles. The molecular weight excluding hydrogens is 218 g/mol. The van der Waals surface area contributed by atoms with Crippen molar-refractivity contribution in [2.75, 3.05) is 6.54 Å². The van der Waals surface area contributed by atoms with Crippen LogP contribution in [-0.2, 0) is 13.5 Å². The minimum Gasteiger partial charge on any atom is -0.478 e. The number of aromatic nitrogens is 2. The topological polar surface area (TPSA) is 81.1 Å². The summed E-state index contributed by atoms with van der Waals surface area (Å²) >= 11 is 0. The lowest BCUT2D eigenvalue weighted by Gasteiger charge is -2.00. The first-order chi connectivity index (χ1) is 8.13. The van der Waals surface area contributed by atoms with Crippen LogP contribution in [0.1, 0.15) is 22.6 Å². The Balaban J connectivity index is 2.45. The molecule has 1 aromatic heterocycles. The molecule has 2 rings (SSSR count). The van der Waals surface area contributed by atoms with E-state index in [1.807, 2.05) is 11.6 Å². The van der Waals surface area contributed by atoms with Gasteiger partial charge in [0, 0.05) is 13.5 Å². The number of aromatic carboxylic acids is 1. The third-order valence-electron chi connectivity index (χ3n) is 2.82. The Morgan fingerprint density at radius 2 is 2.29 bits per heavy atom. The number of carboxylic acids is 1. The number of rotatable bonds is 4. The highest BCUT2D eigenvalue weighted by molar-refractivity contribution is 5.92. The number of imidazole rings is 1. The molecule has 0 aliphatic rings. The third kappa shape index (κ3) is 2.14. The largest absolute Gasteiger partial charge is 0.478 e. The fourth-order valence-corrected chi connectivity index (χ4v) is 1.87. The van der Waals surface area contributed by atoms with Crippen LogP contribution in [0, 0.1) is 0 Å². The molecule has 0 saturated heterocycles. The maximum Gasteiger partial charge on any atom is 0.335 e. The molecule has 0 bridgehead atoms. The summed E-state index contributed by atoms with van der Waals surface area (Å²) in [6.07, 6.45) is 1.69. The highest BCUT2D eigenvalue weighted by Gasteiger charge is 2.10. The van der Waals surface area contributed by atoms with E-state index in [4.69, 9.17) is 10.8 Å². The number of nitrogens with zero attached hydrogens (tertiary/aromatic N) is 2. The van der Waals surface area contributed by atoms with E-state index in [-0.39, 0.29) is 5.56 Å². The van der Waals surface area contributed by atoms with Gasteiger partial charge < -0.3 is 15.4 Å². The van der Waals surface area contributed by atoms with E-state index in [0.29, 0.717) is 6.54 Å². The molecule has 90 valence electrons. The van der Waals surface area contributed by atoms with Crippen molar-refractivity contribution >= 4 is 17.0 Å². The molecule has 0 saturated carbocycles. The smallest absolute Gasteiger partial charge is 0.335 e. The summed E-state index contributed by atoms with van der Waals surface area (Å²) in [6.45, 7) is 0.629. The van der Waals surface area contributed by atoms with Crippen LogP contribution in [0.4, 0.5) is 0 Å². The van der Waals surface area contributed by atoms with Crippen molar-refractivity contribution in [1.29, 1.82) is 0 Å². The highest BCUT2D eigenvalue weighted by atomic mass is 16.4. The first kappa shape index (κ1) is 11.6. The van der Waals surface area contributed by atoms with E-state index < -0.39 is 5.97 Å². The zero-order valence-electron chi connectivity index (χ0n) is 9.68. The van der Waals surface area contributed by atoms with Gasteiger partial charge in [-0.15, -0.1) is 0 Å². The van der Waals surface area contributed by atoms with Crippen LogP contribution in [0.2, 0.25) is 0 Å². The standard InChI is InChI=1S/C12H15N3O2/c1-15-10-5-4-8(12(16)17)7-9(10)14-11(15)3-2-6-13/h4-5,7H,2-3,6,13H2,1H3,(H,16,17). The Hall–Kier alpha value is -1.88. The van der Waals surface area contributed by atoms with Crippen molar-refractivity contribution in [3.63, 3.8) is 0 Å². The number of carbonyl (C=O) groups is 1. The number of carboxylic acid groups (broad SMARTS) is 1. The SMILES string of the molecule is Cn1c(CCCN)nc2cc(C(=O)O)ccc21. The van der Waals surface area contributed by atoms with Gasteiger partial charge in [-0.25, -0.2) is 9.78 Å². The van der Waals surface area contributed by atoms with Crippen molar-refractivity contribution in [2.24, 2.45) is 12.8 Å². The molecule has 0 amide bonds. The molecule has 0 aliphatic carbocycles. The Morgan fingerprint density at radius 1 is 1.53 bits per heavy atom. The molecule has 0 aliphatic heterocycles. The molecule has 5 nitrogen and oxygen atoms in total. The van der Waals surface area contributed by atoms with Crippen molar-refractivity contribution in [3.8, 4) is 0 Å². The van der Waals surface area contributed by atoms with E-state index in [0.717, 1.165) is 29.7 Å². The Bertz CT molecular complexity index is 560. The number of fused-ring (bicyclic) bond motifs is 1. The average molecular weight is 233 g/mol. The summed E-state index contributed by atoms with van der Waals surface area (Å²) in [5.41, 5.74) is 7.40. The van der Waals surface area contributed by atoms with E-state index in [1.54, 1.807) is 18.2 Å². The molecule has 3 N–H and O–H groups in total. The van der Waals surface area contributed by atoms with Gasteiger partial charge >= 0.3 is 5.97 Å². The van der Waals surface area contributed by atoms with Gasteiger partial charge in [-0.1, -0.05) is 0 Å². The van der Waals surface area contributed by atoms with Crippen molar-refractivity contribution in [1.82, 2.24) is 9.55 Å². The lowest BCUT2D eigenvalue weighted by Crippen LogP contribution is -2.04. The average Bonchev–Trinajstić information content (AvgIpc) is 2.63. The van der Waals surface area contributed by atoms with Gasteiger partial charge in [0.25, 0.3) is 0 Å². The van der Waals surface area contributed by atoms with E-state index in [1.165, 1.54) is 0 Å². The second-order valence-electron chi connectivity index (χ2n) is 3.99. The molecule has 0 spiro atoms. The van der Waals surface area contributed by atoms with Crippen molar-refractivity contribution in [2.45, 2.75) is 12.8 Å². The molecule has 0 atom stereocenters. The summed E-state index contributed by atoms with van der Waals surface area (Å²) in [5, 5.41) is 8.91. The summed E-state index contributed by atoms with van der Waals surface area (Å²) in [7, 11) is 1.93. The maximum absolute atomic E-state index is 10.9. The van der Waals surface area contributed by atoms with Gasteiger partial charge in [0.05, 0.1) is 16.6 Å². The minimum absolute atomic E-state index is 0.265. The number of hydrogen-bond donors (Lipinski definition) is 2. The maximum atomic E-state index is 10.9.